The van der Waals surface area contributed by atoms with Crippen molar-refractivity contribution in [3.63, 3.8) is 0 Å². The van der Waals surface area contributed by atoms with Gasteiger partial charge in [0.25, 0.3) is 11.8 Å². The summed E-state index contributed by atoms with van der Waals surface area (Å²) < 4.78 is 0. The highest BCUT2D eigenvalue weighted by atomic mass is 16.3. The van der Waals surface area contributed by atoms with Gasteiger partial charge in [0.2, 0.25) is 5.91 Å². The molecule has 3 amide bonds. The monoisotopic (exact) mass is 372 g/mol. The zero-order valence-electron chi connectivity index (χ0n) is 16.8. The highest BCUT2D eigenvalue weighted by molar-refractivity contribution is 6.13. The average Bonchev–Trinajstić information content (AvgIpc) is 2.83. The second-order valence-corrected chi connectivity index (χ2v) is 8.92. The van der Waals surface area contributed by atoms with E-state index in [1.807, 2.05) is 53.7 Å². The molecule has 2 N–H and O–H groups in total. The average molecular weight is 372 g/mol. The van der Waals surface area contributed by atoms with E-state index in [-0.39, 0.29) is 17.3 Å². The number of aromatic hydroxyl groups is 1. The minimum absolute atomic E-state index is 0.120. The van der Waals surface area contributed by atoms with Crippen molar-refractivity contribution in [2.45, 2.75) is 65.2 Å². The fraction of sp³-hybridized carbons (Fsp3) is 0.476. The molecule has 27 heavy (non-hydrogen) atoms. The third-order valence-electron chi connectivity index (χ3n) is 4.47. The van der Waals surface area contributed by atoms with Crippen LogP contribution in [-0.2, 0) is 31.6 Å². The van der Waals surface area contributed by atoms with Gasteiger partial charge in [0.05, 0.1) is 0 Å². The van der Waals surface area contributed by atoms with E-state index in [1.165, 1.54) is 0 Å². The first kappa shape index (κ1) is 20.7. The number of carbonyl (C=O) groups is 3. The third kappa shape index (κ3) is 4.76. The number of nitrogens with zero attached hydrogens (tertiary/aromatic N) is 1. The molecule has 1 heterocycles. The molecule has 1 aliphatic rings. The topological polar surface area (TPSA) is 86.7 Å². The minimum Gasteiger partial charge on any atom is -0.507 e. The van der Waals surface area contributed by atoms with E-state index in [9.17, 15) is 19.5 Å². The van der Waals surface area contributed by atoms with Crippen LogP contribution in [0.2, 0.25) is 0 Å². The van der Waals surface area contributed by atoms with Crippen molar-refractivity contribution in [2.24, 2.45) is 0 Å². The van der Waals surface area contributed by atoms with Gasteiger partial charge in [0.1, 0.15) is 5.75 Å². The summed E-state index contributed by atoms with van der Waals surface area (Å²) in [6.45, 7) is 12.2. The second kappa shape index (κ2) is 7.18. The molecule has 0 aromatic heterocycles. The van der Waals surface area contributed by atoms with Gasteiger partial charge in [0.15, 0.2) is 0 Å². The molecule has 0 saturated heterocycles. The normalized spacial score (nSPS) is 14.8. The van der Waals surface area contributed by atoms with Crippen LogP contribution in [0.3, 0.4) is 0 Å². The highest BCUT2D eigenvalue weighted by Crippen LogP contribution is 2.39. The van der Waals surface area contributed by atoms with Crippen molar-refractivity contribution in [1.29, 1.82) is 0 Å². The maximum absolute atomic E-state index is 12.2. The van der Waals surface area contributed by atoms with Gasteiger partial charge in [0, 0.05) is 18.6 Å². The van der Waals surface area contributed by atoms with E-state index in [4.69, 9.17) is 0 Å². The molecular formula is C21H28N2O4. The molecule has 6 heteroatoms. The summed E-state index contributed by atoms with van der Waals surface area (Å²) in [5.41, 5.74) is 4.43. The molecule has 1 aromatic rings. The van der Waals surface area contributed by atoms with Crippen LogP contribution in [-0.4, -0.2) is 27.8 Å². The fourth-order valence-electron chi connectivity index (χ4n) is 2.93. The van der Waals surface area contributed by atoms with Gasteiger partial charge < -0.3 is 5.11 Å². The molecular weight excluding hydrogens is 344 g/mol. The van der Waals surface area contributed by atoms with Crippen LogP contribution in [0.15, 0.2) is 24.3 Å². The first-order valence-electron chi connectivity index (χ1n) is 9.03. The zero-order valence-corrected chi connectivity index (χ0v) is 16.8. The quantitative estimate of drug-likeness (QED) is 0.796. The number of hydrogen-bond donors (Lipinski definition) is 2. The maximum Gasteiger partial charge on any atom is 0.272 e. The van der Waals surface area contributed by atoms with Crippen molar-refractivity contribution in [2.75, 3.05) is 0 Å². The number of aryl methyl sites for hydroxylation is 1. The van der Waals surface area contributed by atoms with E-state index in [0.717, 1.165) is 28.8 Å². The van der Waals surface area contributed by atoms with E-state index < -0.39 is 17.7 Å². The van der Waals surface area contributed by atoms with Gasteiger partial charge in [-0.3, -0.25) is 19.8 Å². The Morgan fingerprint density at radius 3 is 1.81 bits per heavy atom. The van der Waals surface area contributed by atoms with Gasteiger partial charge in [-0.05, 0) is 33.9 Å². The van der Waals surface area contributed by atoms with Crippen molar-refractivity contribution in [3.8, 4) is 5.75 Å². The fourth-order valence-corrected chi connectivity index (χ4v) is 2.93. The van der Waals surface area contributed by atoms with E-state index in [0.29, 0.717) is 17.2 Å². The summed E-state index contributed by atoms with van der Waals surface area (Å²) in [4.78, 5) is 35.2. The minimum atomic E-state index is -0.553. The lowest BCUT2D eigenvalue weighted by Crippen LogP contribution is -2.46. The maximum atomic E-state index is 12.2. The molecule has 1 aliphatic heterocycles. The number of carbonyl (C=O) groups excluding carboxylic acids is 3. The predicted molar refractivity (Wildman–Crippen MR) is 103 cm³/mol. The molecule has 0 atom stereocenters. The van der Waals surface area contributed by atoms with Crippen molar-refractivity contribution >= 4 is 17.7 Å². The van der Waals surface area contributed by atoms with E-state index >= 15 is 0 Å². The number of imide groups is 1. The van der Waals surface area contributed by atoms with Crippen molar-refractivity contribution < 1.29 is 19.5 Å². The number of phenols is 1. The van der Waals surface area contributed by atoms with Gasteiger partial charge >= 0.3 is 0 Å². The lowest BCUT2D eigenvalue weighted by Gasteiger charge is -2.28. The number of hydrazine groups is 1. The van der Waals surface area contributed by atoms with Gasteiger partial charge in [-0.2, -0.15) is 5.01 Å². The van der Waals surface area contributed by atoms with E-state index in [1.54, 1.807) is 0 Å². The molecule has 2 rings (SSSR count). The van der Waals surface area contributed by atoms with Gasteiger partial charge in [-0.15, -0.1) is 0 Å². The summed E-state index contributed by atoms with van der Waals surface area (Å²) in [6, 6.07) is 3.84. The van der Waals surface area contributed by atoms with Gasteiger partial charge in [-0.25, -0.2) is 0 Å². The zero-order chi connectivity index (χ0) is 20.6. The summed E-state index contributed by atoms with van der Waals surface area (Å²) in [5, 5.41) is 11.5. The van der Waals surface area contributed by atoms with Crippen LogP contribution in [0, 0.1) is 0 Å². The summed E-state index contributed by atoms with van der Waals surface area (Å²) in [5.74, 6) is -1.23. The highest BCUT2D eigenvalue weighted by Gasteiger charge is 2.27. The van der Waals surface area contributed by atoms with Gasteiger partial charge in [-0.1, -0.05) is 53.7 Å². The van der Waals surface area contributed by atoms with Crippen molar-refractivity contribution in [3.05, 3.63) is 41.0 Å². The Morgan fingerprint density at radius 1 is 0.963 bits per heavy atom. The molecule has 0 bridgehead atoms. The van der Waals surface area contributed by atoms with Crippen LogP contribution in [0.5, 0.6) is 5.75 Å². The third-order valence-corrected chi connectivity index (χ3v) is 4.47. The predicted octanol–water partition coefficient (Wildman–Crippen LogP) is 2.88. The van der Waals surface area contributed by atoms with Crippen LogP contribution >= 0.6 is 0 Å². The Morgan fingerprint density at radius 2 is 1.41 bits per heavy atom. The second-order valence-electron chi connectivity index (χ2n) is 8.92. The van der Waals surface area contributed by atoms with E-state index in [2.05, 4.69) is 5.43 Å². The molecule has 6 nitrogen and oxygen atoms in total. The van der Waals surface area contributed by atoms with Crippen LogP contribution in [0.4, 0.5) is 0 Å². The van der Waals surface area contributed by atoms with Crippen molar-refractivity contribution in [1.82, 2.24) is 10.4 Å². The summed E-state index contributed by atoms with van der Waals surface area (Å²) in [6.07, 6.45) is 2.79. The molecule has 0 spiro atoms. The number of amides is 3. The molecule has 146 valence electrons. The Kier molecular flexibility index (Phi) is 5.50. The molecule has 0 aliphatic carbocycles. The molecule has 1 aromatic carbocycles. The lowest BCUT2D eigenvalue weighted by molar-refractivity contribution is -0.146. The largest absolute Gasteiger partial charge is 0.507 e. The Bertz CT molecular complexity index is 757. The number of phenolic OH excluding ortho intramolecular Hbond substituents is 1. The number of hydrogen-bond acceptors (Lipinski definition) is 4. The smallest absolute Gasteiger partial charge is 0.272 e. The molecule has 0 saturated carbocycles. The number of benzene rings is 1. The Labute approximate surface area is 160 Å². The van der Waals surface area contributed by atoms with Crippen LogP contribution < -0.4 is 5.43 Å². The lowest BCUT2D eigenvalue weighted by atomic mass is 9.78. The summed E-state index contributed by atoms with van der Waals surface area (Å²) >= 11 is 0. The Hall–Kier alpha value is -2.63. The molecule has 0 unspecified atom stereocenters. The summed E-state index contributed by atoms with van der Waals surface area (Å²) in [7, 11) is 0. The molecule has 0 radical (unpaired) electrons. The first-order chi connectivity index (χ1) is 12.3. The molecule has 0 fully saturated rings. The SMILES string of the molecule is CC(C)(C)c1cc(CCC(=O)NN2C(=O)C=CC2=O)cc(C(C)(C)C)c1O. The Balaban J connectivity index is 2.19. The standard InChI is InChI=1S/C21H28N2O4/c1-20(2,3)14-11-13(12-15(19(14)27)21(4,5)6)7-8-16(24)22-23-17(25)9-10-18(23)26/h9-12,27H,7-8H2,1-6H3,(H,22,24). The number of nitrogens with one attached hydrogen (secondary N) is 1. The number of rotatable bonds is 4. The first-order valence-corrected chi connectivity index (χ1v) is 9.03. The van der Waals surface area contributed by atoms with Crippen LogP contribution in [0.1, 0.15) is 64.7 Å². The van der Waals surface area contributed by atoms with Crippen LogP contribution in [0.25, 0.3) is 0 Å².